The van der Waals surface area contributed by atoms with Crippen molar-refractivity contribution >= 4 is 11.3 Å². The molecule has 0 bridgehead atoms. The predicted octanol–water partition coefficient (Wildman–Crippen LogP) is 3.37. The molecule has 1 aliphatic heterocycles. The first-order chi connectivity index (χ1) is 9.70. The Morgan fingerprint density at radius 1 is 1.35 bits per heavy atom. The van der Waals surface area contributed by atoms with Gasteiger partial charge < -0.3 is 5.32 Å². The number of hydrogen-bond acceptors (Lipinski definition) is 4. The third-order valence-corrected chi connectivity index (χ3v) is 6.08. The summed E-state index contributed by atoms with van der Waals surface area (Å²) in [4.78, 5) is 7.56. The smallest absolute Gasteiger partial charge is 0.0954 e. The summed E-state index contributed by atoms with van der Waals surface area (Å²) in [5.74, 6) is 0.556. The Morgan fingerprint density at radius 2 is 2.15 bits per heavy atom. The van der Waals surface area contributed by atoms with E-state index in [4.69, 9.17) is 4.98 Å². The summed E-state index contributed by atoms with van der Waals surface area (Å²) < 4.78 is 0. The largest absolute Gasteiger partial charge is 0.314 e. The molecule has 2 heterocycles. The molecule has 2 fully saturated rings. The van der Waals surface area contributed by atoms with Crippen LogP contribution >= 0.6 is 11.3 Å². The van der Waals surface area contributed by atoms with E-state index in [0.717, 1.165) is 13.1 Å². The van der Waals surface area contributed by atoms with Crippen molar-refractivity contribution in [3.63, 3.8) is 0 Å². The summed E-state index contributed by atoms with van der Waals surface area (Å²) >= 11 is 1.83. The Hall–Kier alpha value is -0.450. The van der Waals surface area contributed by atoms with Crippen LogP contribution in [0, 0.1) is 0 Å². The predicted molar refractivity (Wildman–Crippen MR) is 85.3 cm³/mol. The fourth-order valence-corrected chi connectivity index (χ4v) is 4.52. The van der Waals surface area contributed by atoms with Gasteiger partial charge in [-0.25, -0.2) is 4.98 Å². The number of thiazole rings is 1. The maximum atomic E-state index is 4.84. The fourth-order valence-electron chi connectivity index (χ4n) is 3.69. The van der Waals surface area contributed by atoms with Crippen LogP contribution in [0.5, 0.6) is 0 Å². The van der Waals surface area contributed by atoms with Crippen molar-refractivity contribution in [2.75, 3.05) is 19.6 Å². The van der Waals surface area contributed by atoms with Crippen LogP contribution in [0.1, 0.15) is 62.6 Å². The van der Waals surface area contributed by atoms with Crippen LogP contribution in [0.3, 0.4) is 0 Å². The minimum absolute atomic E-state index is 0.415. The molecule has 1 aromatic rings. The first-order valence-corrected chi connectivity index (χ1v) is 8.98. The maximum Gasteiger partial charge on any atom is 0.0954 e. The highest BCUT2D eigenvalue weighted by Gasteiger charge is 2.39. The van der Waals surface area contributed by atoms with Crippen molar-refractivity contribution in [1.29, 1.82) is 0 Å². The number of aromatic nitrogens is 1. The molecule has 0 radical (unpaired) electrons. The number of nitrogens with one attached hydrogen (secondary N) is 1. The van der Waals surface area contributed by atoms with Crippen molar-refractivity contribution in [2.45, 2.75) is 64.0 Å². The molecule has 1 aliphatic carbocycles. The van der Waals surface area contributed by atoms with Gasteiger partial charge >= 0.3 is 0 Å². The monoisotopic (exact) mass is 293 g/mol. The average Bonchev–Trinajstić information content (AvgIpc) is 2.91. The van der Waals surface area contributed by atoms with Gasteiger partial charge in [-0.05, 0) is 12.8 Å². The maximum absolute atomic E-state index is 4.84. The SMILES string of the molecule is CC(C)c1nc(CN2CCNCC23CCCCC3)cs1. The molecule has 0 aromatic carbocycles. The summed E-state index contributed by atoms with van der Waals surface area (Å²) in [7, 11) is 0. The molecular weight excluding hydrogens is 266 g/mol. The third-order valence-electron chi connectivity index (χ3n) is 4.88. The molecule has 1 N–H and O–H groups in total. The molecule has 1 spiro atoms. The normalized spacial score (nSPS) is 23.6. The molecular formula is C16H27N3S. The molecule has 112 valence electrons. The van der Waals surface area contributed by atoms with Crippen molar-refractivity contribution in [2.24, 2.45) is 0 Å². The standard InChI is InChI=1S/C16H27N3S/c1-13(2)15-18-14(11-20-15)10-19-9-8-17-12-16(19)6-4-3-5-7-16/h11,13,17H,3-10,12H2,1-2H3. The van der Waals surface area contributed by atoms with Gasteiger partial charge in [0, 0.05) is 43.0 Å². The number of rotatable bonds is 3. The zero-order valence-electron chi connectivity index (χ0n) is 12.8. The van der Waals surface area contributed by atoms with Gasteiger partial charge in [0.25, 0.3) is 0 Å². The lowest BCUT2D eigenvalue weighted by Crippen LogP contribution is -2.61. The van der Waals surface area contributed by atoms with E-state index in [1.54, 1.807) is 0 Å². The lowest BCUT2D eigenvalue weighted by molar-refractivity contribution is 0.0200. The van der Waals surface area contributed by atoms with Gasteiger partial charge in [0.2, 0.25) is 0 Å². The van der Waals surface area contributed by atoms with Gasteiger partial charge in [-0.3, -0.25) is 4.90 Å². The summed E-state index contributed by atoms with van der Waals surface area (Å²) in [5, 5.41) is 7.18. The van der Waals surface area contributed by atoms with Gasteiger partial charge in [-0.1, -0.05) is 33.1 Å². The molecule has 2 aliphatic rings. The van der Waals surface area contributed by atoms with E-state index < -0.39 is 0 Å². The molecule has 0 amide bonds. The average molecular weight is 293 g/mol. The highest BCUT2D eigenvalue weighted by Crippen LogP contribution is 2.35. The third kappa shape index (κ3) is 2.92. The minimum atomic E-state index is 0.415. The molecule has 1 aromatic heterocycles. The summed E-state index contributed by atoms with van der Waals surface area (Å²) in [6.07, 6.45) is 6.94. The van der Waals surface area contributed by atoms with E-state index in [0.29, 0.717) is 11.5 Å². The van der Waals surface area contributed by atoms with Crippen LogP contribution in [0.25, 0.3) is 0 Å². The van der Waals surface area contributed by atoms with Crippen LogP contribution < -0.4 is 5.32 Å². The number of hydrogen-bond donors (Lipinski definition) is 1. The van der Waals surface area contributed by atoms with Gasteiger partial charge in [0.15, 0.2) is 0 Å². The molecule has 1 saturated heterocycles. The van der Waals surface area contributed by atoms with Crippen LogP contribution in [0.2, 0.25) is 0 Å². The van der Waals surface area contributed by atoms with Crippen LogP contribution in [-0.2, 0) is 6.54 Å². The van der Waals surface area contributed by atoms with Crippen molar-refractivity contribution in [3.8, 4) is 0 Å². The molecule has 20 heavy (non-hydrogen) atoms. The Labute approximate surface area is 126 Å². The van der Waals surface area contributed by atoms with Crippen molar-refractivity contribution in [1.82, 2.24) is 15.2 Å². The summed E-state index contributed by atoms with van der Waals surface area (Å²) in [6.45, 7) is 8.99. The topological polar surface area (TPSA) is 28.2 Å². The van der Waals surface area contributed by atoms with E-state index in [1.165, 1.54) is 55.9 Å². The van der Waals surface area contributed by atoms with Crippen molar-refractivity contribution < 1.29 is 0 Å². The number of piperazine rings is 1. The Balaban J connectivity index is 1.72. The van der Waals surface area contributed by atoms with Crippen LogP contribution in [0.15, 0.2) is 5.38 Å². The van der Waals surface area contributed by atoms with Gasteiger partial charge in [0.05, 0.1) is 10.7 Å². The minimum Gasteiger partial charge on any atom is -0.314 e. The van der Waals surface area contributed by atoms with E-state index in [1.807, 2.05) is 11.3 Å². The Kier molecular flexibility index (Phi) is 4.43. The molecule has 0 atom stereocenters. The van der Waals surface area contributed by atoms with Crippen molar-refractivity contribution in [3.05, 3.63) is 16.1 Å². The zero-order valence-corrected chi connectivity index (χ0v) is 13.6. The van der Waals surface area contributed by atoms with E-state index in [2.05, 4.69) is 29.4 Å². The molecule has 0 unspecified atom stereocenters. The second-order valence-electron chi connectivity index (χ2n) is 6.72. The quantitative estimate of drug-likeness (QED) is 0.926. The van der Waals surface area contributed by atoms with E-state index >= 15 is 0 Å². The Morgan fingerprint density at radius 3 is 2.85 bits per heavy atom. The Bertz CT molecular complexity index is 426. The summed E-state index contributed by atoms with van der Waals surface area (Å²) in [5.41, 5.74) is 1.70. The fraction of sp³-hybridized carbons (Fsp3) is 0.812. The first kappa shape index (κ1) is 14.5. The molecule has 4 heteroatoms. The lowest BCUT2D eigenvalue weighted by atomic mass is 9.79. The van der Waals surface area contributed by atoms with Gasteiger partial charge in [-0.15, -0.1) is 11.3 Å². The van der Waals surface area contributed by atoms with Crippen LogP contribution in [0.4, 0.5) is 0 Å². The van der Waals surface area contributed by atoms with E-state index in [9.17, 15) is 0 Å². The highest BCUT2D eigenvalue weighted by atomic mass is 32.1. The first-order valence-electron chi connectivity index (χ1n) is 8.10. The van der Waals surface area contributed by atoms with E-state index in [-0.39, 0.29) is 0 Å². The highest BCUT2D eigenvalue weighted by molar-refractivity contribution is 7.09. The molecule has 3 rings (SSSR count). The number of nitrogens with zero attached hydrogens (tertiary/aromatic N) is 2. The summed E-state index contributed by atoms with van der Waals surface area (Å²) in [6, 6.07) is 0. The second-order valence-corrected chi connectivity index (χ2v) is 7.60. The molecule has 1 saturated carbocycles. The van der Waals surface area contributed by atoms with Crippen LogP contribution in [-0.4, -0.2) is 35.1 Å². The molecule has 3 nitrogen and oxygen atoms in total. The van der Waals surface area contributed by atoms with Gasteiger partial charge in [0.1, 0.15) is 0 Å². The van der Waals surface area contributed by atoms with Gasteiger partial charge in [-0.2, -0.15) is 0 Å². The zero-order chi connectivity index (χ0) is 14.0. The lowest BCUT2D eigenvalue weighted by Gasteiger charge is -2.49. The second kappa shape index (κ2) is 6.12.